The van der Waals surface area contributed by atoms with Crippen molar-refractivity contribution < 1.29 is 0 Å². The fraction of sp³-hybridized carbons (Fsp3) is 0.632. The van der Waals surface area contributed by atoms with Gasteiger partial charge >= 0.3 is 0 Å². The Morgan fingerprint density at radius 1 is 0.707 bits per heavy atom. The number of nitrogens with one attached hydrogen (secondary N) is 1. The monoisotopic (exact) mass is 810 g/mol. The first-order valence-electron chi connectivity index (χ1n) is 23.3. The molecule has 1 unspecified atom stereocenters. The Labute approximate surface area is 371 Å². The maximum absolute atomic E-state index is 6.95. The second-order valence-corrected chi connectivity index (χ2v) is 15.5. The molecule has 1 nitrogen and oxygen atoms in total. The van der Waals surface area contributed by atoms with Crippen LogP contribution in [0, 0.1) is 29.6 Å². The minimum Gasteiger partial charge on any atom is -0.310 e. The van der Waals surface area contributed by atoms with E-state index in [2.05, 4.69) is 184 Å². The Balaban J connectivity index is -0.0000000701. The van der Waals surface area contributed by atoms with Gasteiger partial charge in [0.2, 0.25) is 0 Å². The standard InChI is InChI=1S/2C12H16.C9H18.C5H11N.C5H12.2C3H8.3C2H6.C2H4/c1-11(2)7-6-10-12-8-4-3-5-9-12;1-4-10(2)9-12-8-6-5-7-11(12)3;1-4-6-7-8-9(3)5-2;1-4(2)5(3)6;1-5(2,3)4;2*1-3-2;4*1-2/h3-5,8-9H,1,6-7,10H2,2H3;4-8H,9H2,1-3H3;5,9H,2,4,6-8H2,1,3H3;4,6H,1-3H3;1-4H3;2*3H2,1-2H3;3*1-2H3;1-2H2/b;10-4-;;;;;;;;;. The van der Waals surface area contributed by atoms with Crippen molar-refractivity contribution in [3.63, 3.8) is 0 Å². The average molecular weight is 811 g/mol. The molecule has 0 fully saturated rings. The number of hydrogen-bond acceptors (Lipinski definition) is 1. The molecule has 0 aliphatic rings. The van der Waals surface area contributed by atoms with Gasteiger partial charge in [-0.2, -0.15) is 0 Å². The van der Waals surface area contributed by atoms with Gasteiger partial charge in [0.15, 0.2) is 0 Å². The summed E-state index contributed by atoms with van der Waals surface area (Å²) in [4.78, 5) is 0. The molecular formula is C57H111N. The van der Waals surface area contributed by atoms with Gasteiger partial charge in [-0.15, -0.1) is 26.3 Å². The summed E-state index contributed by atoms with van der Waals surface area (Å²) >= 11 is 0. The summed E-state index contributed by atoms with van der Waals surface area (Å²) in [5, 5.41) is 6.95. The summed E-state index contributed by atoms with van der Waals surface area (Å²) in [6.45, 7) is 61.7. The maximum Gasteiger partial charge on any atom is 0.00836 e. The zero-order chi connectivity index (χ0) is 48.0. The zero-order valence-electron chi connectivity index (χ0n) is 44.4. The highest BCUT2D eigenvalue weighted by atomic mass is 14.4. The van der Waals surface area contributed by atoms with E-state index in [0.717, 1.165) is 24.5 Å². The molecule has 0 radical (unpaired) electrons. The van der Waals surface area contributed by atoms with Crippen LogP contribution in [0.15, 0.2) is 104 Å². The number of hydrogen-bond donors (Lipinski definition) is 1. The van der Waals surface area contributed by atoms with Gasteiger partial charge in [0.05, 0.1) is 0 Å². The van der Waals surface area contributed by atoms with Crippen molar-refractivity contribution in [1.29, 1.82) is 5.41 Å². The number of benzene rings is 2. The van der Waals surface area contributed by atoms with Crippen LogP contribution in [0.3, 0.4) is 0 Å². The van der Waals surface area contributed by atoms with Gasteiger partial charge in [-0.05, 0) is 101 Å². The Morgan fingerprint density at radius 3 is 1.40 bits per heavy atom. The molecule has 0 bridgehead atoms. The molecule has 0 spiro atoms. The third kappa shape index (κ3) is 94.3. The SMILES string of the molecule is C/C=C(/C)Cc1ccccc1C.C=C.C=C(C)CCCc1ccccc1.C=CC(C)CCCCC.CC.CC.CC.CC(=N)C(C)C.CC(C)(C)C.CCC.CCC. The van der Waals surface area contributed by atoms with E-state index in [0.29, 0.717) is 11.3 Å². The average Bonchev–Trinajstić information content (AvgIpc) is 3.20. The number of allylic oxidation sites excluding steroid dienone is 4. The van der Waals surface area contributed by atoms with Crippen LogP contribution in [0.5, 0.6) is 0 Å². The molecule has 58 heavy (non-hydrogen) atoms. The molecule has 0 aliphatic carbocycles. The number of aryl methyl sites for hydroxylation is 2. The topological polar surface area (TPSA) is 23.9 Å². The van der Waals surface area contributed by atoms with Crippen molar-refractivity contribution in [2.75, 3.05) is 0 Å². The van der Waals surface area contributed by atoms with E-state index in [4.69, 9.17) is 5.41 Å². The van der Waals surface area contributed by atoms with E-state index in [1.54, 1.807) is 0 Å². The minimum absolute atomic E-state index is 0.435. The van der Waals surface area contributed by atoms with Crippen LogP contribution in [0.25, 0.3) is 0 Å². The molecule has 344 valence electrons. The lowest BCUT2D eigenvalue weighted by Gasteiger charge is -2.05. The van der Waals surface area contributed by atoms with Gasteiger partial charge in [0.25, 0.3) is 0 Å². The van der Waals surface area contributed by atoms with Gasteiger partial charge in [-0.3, -0.25) is 0 Å². The second-order valence-electron chi connectivity index (χ2n) is 15.5. The highest BCUT2D eigenvalue weighted by molar-refractivity contribution is 5.80. The molecule has 0 saturated carbocycles. The lowest BCUT2D eigenvalue weighted by molar-refractivity contribution is 0.469. The van der Waals surface area contributed by atoms with E-state index < -0.39 is 0 Å². The van der Waals surface area contributed by atoms with Crippen molar-refractivity contribution in [1.82, 2.24) is 0 Å². The minimum atomic E-state index is 0.435. The predicted octanol–water partition coefficient (Wildman–Crippen LogP) is 20.9. The lowest BCUT2D eigenvalue weighted by Crippen LogP contribution is -1.97. The summed E-state index contributed by atoms with van der Waals surface area (Å²) < 4.78 is 0. The van der Waals surface area contributed by atoms with Gasteiger partial charge in [-0.25, -0.2) is 0 Å². The highest BCUT2D eigenvalue weighted by Crippen LogP contribution is 2.12. The van der Waals surface area contributed by atoms with E-state index in [-0.39, 0.29) is 0 Å². The van der Waals surface area contributed by atoms with Gasteiger partial charge in [0.1, 0.15) is 0 Å². The molecule has 0 heterocycles. The predicted molar refractivity (Wildman–Crippen MR) is 283 cm³/mol. The Hall–Kier alpha value is -2.93. The molecule has 2 aromatic carbocycles. The van der Waals surface area contributed by atoms with E-state index in [1.165, 1.54) is 79.2 Å². The molecule has 2 rings (SSSR count). The summed E-state index contributed by atoms with van der Waals surface area (Å²) in [5.41, 5.74) is 8.23. The zero-order valence-corrected chi connectivity index (χ0v) is 44.4. The summed E-state index contributed by atoms with van der Waals surface area (Å²) in [7, 11) is 0. The first-order valence-corrected chi connectivity index (χ1v) is 23.3. The summed E-state index contributed by atoms with van der Waals surface area (Å²) in [5.74, 6) is 1.15. The molecule has 1 atom stereocenters. The van der Waals surface area contributed by atoms with Crippen molar-refractivity contribution >= 4 is 5.71 Å². The third-order valence-electron chi connectivity index (χ3n) is 6.67. The van der Waals surface area contributed by atoms with Crippen LogP contribution in [0.2, 0.25) is 0 Å². The molecular weight excluding hydrogens is 699 g/mol. The fourth-order valence-corrected chi connectivity index (χ4v) is 3.28. The van der Waals surface area contributed by atoms with Crippen LogP contribution >= 0.6 is 0 Å². The molecule has 2 aromatic rings. The first kappa shape index (κ1) is 75.9. The van der Waals surface area contributed by atoms with Crippen LogP contribution in [-0.4, -0.2) is 5.71 Å². The largest absolute Gasteiger partial charge is 0.310 e. The first-order chi connectivity index (χ1) is 27.3. The van der Waals surface area contributed by atoms with Gasteiger partial charge in [0, 0.05) is 5.71 Å². The van der Waals surface area contributed by atoms with Crippen molar-refractivity contribution in [2.24, 2.45) is 17.3 Å². The number of unbranched alkanes of at least 4 members (excludes halogenated alkanes) is 2. The highest BCUT2D eigenvalue weighted by Gasteiger charge is 1.97. The summed E-state index contributed by atoms with van der Waals surface area (Å²) in [6, 6.07) is 19.2. The smallest absolute Gasteiger partial charge is 0.00836 e. The lowest BCUT2D eigenvalue weighted by atomic mass is 10.0. The van der Waals surface area contributed by atoms with Crippen LogP contribution in [-0.2, 0) is 12.8 Å². The Morgan fingerprint density at radius 2 is 1.09 bits per heavy atom. The van der Waals surface area contributed by atoms with Crippen LogP contribution in [0.4, 0.5) is 0 Å². The Bertz CT molecular complexity index is 1040. The van der Waals surface area contributed by atoms with Crippen molar-refractivity contribution in [3.8, 4) is 0 Å². The number of rotatable bonds is 12. The van der Waals surface area contributed by atoms with E-state index >= 15 is 0 Å². The van der Waals surface area contributed by atoms with Gasteiger partial charge < -0.3 is 5.41 Å². The second kappa shape index (κ2) is 65.9. The fourth-order valence-electron chi connectivity index (χ4n) is 3.28. The quantitative estimate of drug-likeness (QED) is 0.125. The molecule has 0 saturated heterocycles. The van der Waals surface area contributed by atoms with E-state index in [9.17, 15) is 0 Å². The molecule has 1 heteroatoms. The van der Waals surface area contributed by atoms with Crippen LogP contribution < -0.4 is 0 Å². The molecule has 0 aromatic heterocycles. The maximum atomic E-state index is 6.95. The van der Waals surface area contributed by atoms with Crippen LogP contribution in [0.1, 0.15) is 220 Å². The molecule has 0 amide bonds. The molecule has 1 N–H and O–H groups in total. The van der Waals surface area contributed by atoms with Gasteiger partial charge in [-0.1, -0.05) is 235 Å². The van der Waals surface area contributed by atoms with Crippen molar-refractivity contribution in [2.45, 2.75) is 223 Å². The normalized spacial score (nSPS) is 9.48. The summed E-state index contributed by atoms with van der Waals surface area (Å²) in [6.07, 6.45) is 16.7. The van der Waals surface area contributed by atoms with E-state index in [1.807, 2.05) is 68.4 Å². The molecule has 0 aliphatic heterocycles. The van der Waals surface area contributed by atoms with Crippen molar-refractivity contribution in [3.05, 3.63) is 121 Å². The third-order valence-corrected chi connectivity index (χ3v) is 6.67. The Kier molecular flexibility index (Phi) is 86.2.